The van der Waals surface area contributed by atoms with Gasteiger partial charge in [0.2, 0.25) is 0 Å². The highest BCUT2D eigenvalue weighted by Crippen LogP contribution is 2.03. The topological polar surface area (TPSA) is 57.5 Å². The Bertz CT molecular complexity index is 103. The van der Waals surface area contributed by atoms with Gasteiger partial charge >= 0.3 is 0 Å². The molecule has 0 aromatic rings. The van der Waals surface area contributed by atoms with Gasteiger partial charge in [0.25, 0.3) is 5.97 Å². The summed E-state index contributed by atoms with van der Waals surface area (Å²) in [6, 6.07) is 0. The Balaban J connectivity index is -0.000000202. The molecule has 2 N–H and O–H groups in total. The second-order valence-corrected chi connectivity index (χ2v) is 3.01. The number of carboxylic acids is 1. The molecular formula is C12H26O3. The first kappa shape index (κ1) is 19.7. The second kappa shape index (κ2) is 23.2. The van der Waals surface area contributed by atoms with Crippen molar-refractivity contribution in [2.45, 2.75) is 52.4 Å². The van der Waals surface area contributed by atoms with Gasteiger partial charge in [0.1, 0.15) is 0 Å². The summed E-state index contributed by atoms with van der Waals surface area (Å²) in [7, 11) is 0. The van der Waals surface area contributed by atoms with Crippen LogP contribution < -0.4 is 0 Å². The van der Waals surface area contributed by atoms with Crippen molar-refractivity contribution in [3.63, 3.8) is 0 Å². The molecule has 92 valence electrons. The van der Waals surface area contributed by atoms with E-state index in [9.17, 15) is 0 Å². The molecule has 0 aromatic heterocycles. The number of aliphatic carboxylic acids is 1. The fourth-order valence-electron chi connectivity index (χ4n) is 0.892. The number of aliphatic hydroxyl groups excluding tert-OH is 1. The molecule has 0 unspecified atom stereocenters. The first-order chi connectivity index (χ1) is 7.15. The summed E-state index contributed by atoms with van der Waals surface area (Å²) in [5.41, 5.74) is 0. The van der Waals surface area contributed by atoms with Gasteiger partial charge in [-0.1, -0.05) is 39.0 Å². The lowest BCUT2D eigenvalue weighted by Crippen LogP contribution is -1.82. The predicted octanol–water partition coefficient (Wildman–Crippen LogP) is 3.23. The van der Waals surface area contributed by atoms with E-state index in [4.69, 9.17) is 15.0 Å². The zero-order valence-corrected chi connectivity index (χ0v) is 10.2. The lowest BCUT2D eigenvalue weighted by molar-refractivity contribution is -0.134. The largest absolute Gasteiger partial charge is 0.481 e. The molecule has 0 saturated heterocycles. The van der Waals surface area contributed by atoms with Gasteiger partial charge in [-0.25, -0.2) is 0 Å². The number of carbonyl (C=O) groups is 1. The molecule has 0 aliphatic carbocycles. The van der Waals surface area contributed by atoms with E-state index in [1.54, 1.807) is 0 Å². The normalized spacial score (nSPS) is 7.93. The van der Waals surface area contributed by atoms with Gasteiger partial charge in [-0.15, -0.1) is 13.2 Å². The van der Waals surface area contributed by atoms with Crippen molar-refractivity contribution in [1.82, 2.24) is 0 Å². The molecule has 0 amide bonds. The van der Waals surface area contributed by atoms with Gasteiger partial charge in [-0.3, -0.25) is 4.79 Å². The minimum absolute atomic E-state index is 0.367. The summed E-state index contributed by atoms with van der Waals surface area (Å²) in [6.07, 6.45) is 7.50. The third-order valence-corrected chi connectivity index (χ3v) is 1.51. The minimum atomic E-state index is -0.833. The van der Waals surface area contributed by atoms with Gasteiger partial charge in [-0.2, -0.15) is 0 Å². The van der Waals surface area contributed by atoms with Gasteiger partial charge in [0, 0.05) is 13.5 Å². The number of aliphatic hydroxyl groups is 1. The van der Waals surface area contributed by atoms with E-state index in [-0.39, 0.29) is 0 Å². The Labute approximate surface area is 93.8 Å². The van der Waals surface area contributed by atoms with Crippen LogP contribution in [0.25, 0.3) is 0 Å². The number of hydrogen-bond donors (Lipinski definition) is 2. The molecule has 0 spiro atoms. The Hall–Kier alpha value is -0.830. The van der Waals surface area contributed by atoms with E-state index < -0.39 is 5.97 Å². The Morgan fingerprint density at radius 2 is 1.40 bits per heavy atom. The smallest absolute Gasteiger partial charge is 0.300 e. The molecule has 3 heteroatoms. The van der Waals surface area contributed by atoms with E-state index in [2.05, 4.69) is 20.1 Å². The molecular weight excluding hydrogens is 192 g/mol. The molecule has 0 aliphatic rings. The van der Waals surface area contributed by atoms with Gasteiger partial charge in [-0.05, 0) is 6.42 Å². The van der Waals surface area contributed by atoms with Crippen molar-refractivity contribution >= 4 is 5.97 Å². The summed E-state index contributed by atoms with van der Waals surface area (Å²) in [6.45, 7) is 9.66. The Kier molecular flexibility index (Phi) is 30.5. The van der Waals surface area contributed by atoms with Crippen LogP contribution >= 0.6 is 0 Å². The molecule has 0 saturated carbocycles. The van der Waals surface area contributed by atoms with Crippen LogP contribution in [0.3, 0.4) is 0 Å². The van der Waals surface area contributed by atoms with Crippen LogP contribution in [0.4, 0.5) is 0 Å². The number of rotatable bonds is 6. The van der Waals surface area contributed by atoms with Crippen molar-refractivity contribution in [2.24, 2.45) is 0 Å². The molecule has 0 aromatic carbocycles. The van der Waals surface area contributed by atoms with Crippen LogP contribution in [-0.4, -0.2) is 22.8 Å². The SMILES string of the molecule is C=C.CC(=O)O.CCCCCCCCO. The molecule has 15 heavy (non-hydrogen) atoms. The van der Waals surface area contributed by atoms with Crippen LogP contribution in [0.15, 0.2) is 13.2 Å². The van der Waals surface area contributed by atoms with E-state index in [0.29, 0.717) is 6.61 Å². The van der Waals surface area contributed by atoms with Gasteiger partial charge in [0.05, 0.1) is 0 Å². The highest BCUT2D eigenvalue weighted by Gasteiger charge is 1.86. The monoisotopic (exact) mass is 218 g/mol. The summed E-state index contributed by atoms with van der Waals surface area (Å²) >= 11 is 0. The first-order valence-corrected chi connectivity index (χ1v) is 5.45. The maximum absolute atomic E-state index is 9.00. The molecule has 0 rings (SSSR count). The van der Waals surface area contributed by atoms with Crippen LogP contribution in [0.5, 0.6) is 0 Å². The molecule has 0 fully saturated rings. The Morgan fingerprint density at radius 3 is 1.73 bits per heavy atom. The van der Waals surface area contributed by atoms with Crippen LogP contribution in [-0.2, 0) is 4.79 Å². The van der Waals surface area contributed by atoms with E-state index in [1.165, 1.54) is 32.1 Å². The zero-order valence-electron chi connectivity index (χ0n) is 10.2. The van der Waals surface area contributed by atoms with Crippen LogP contribution in [0, 0.1) is 0 Å². The maximum atomic E-state index is 9.00. The number of unbranched alkanes of at least 4 members (excludes halogenated alkanes) is 5. The van der Waals surface area contributed by atoms with E-state index in [0.717, 1.165) is 13.3 Å². The quantitative estimate of drug-likeness (QED) is 0.531. The average molecular weight is 218 g/mol. The lowest BCUT2D eigenvalue weighted by Gasteiger charge is -1.95. The summed E-state index contributed by atoms with van der Waals surface area (Å²) in [5.74, 6) is -0.833. The van der Waals surface area contributed by atoms with Gasteiger partial charge in [0.15, 0.2) is 0 Å². The first-order valence-electron chi connectivity index (χ1n) is 5.45. The van der Waals surface area contributed by atoms with Crippen molar-refractivity contribution in [1.29, 1.82) is 0 Å². The zero-order chi connectivity index (χ0) is 12.5. The fourth-order valence-corrected chi connectivity index (χ4v) is 0.892. The molecule has 0 aliphatic heterocycles. The molecule has 0 atom stereocenters. The second-order valence-electron chi connectivity index (χ2n) is 3.01. The van der Waals surface area contributed by atoms with Crippen molar-refractivity contribution < 1.29 is 15.0 Å². The molecule has 0 heterocycles. The van der Waals surface area contributed by atoms with Crippen LogP contribution in [0.1, 0.15) is 52.4 Å². The van der Waals surface area contributed by atoms with Gasteiger partial charge < -0.3 is 10.2 Å². The summed E-state index contributed by atoms with van der Waals surface area (Å²) in [4.78, 5) is 9.00. The van der Waals surface area contributed by atoms with E-state index >= 15 is 0 Å². The van der Waals surface area contributed by atoms with Crippen LogP contribution in [0.2, 0.25) is 0 Å². The molecule has 0 radical (unpaired) electrons. The standard InChI is InChI=1S/C8H18O.C2H4O2.C2H4/c1-2-3-4-5-6-7-8-9;1-2(3)4;1-2/h9H,2-8H2,1H3;1H3,(H,3,4);1-2H2. The average Bonchev–Trinajstić information content (AvgIpc) is 2.20. The molecule has 3 nitrogen and oxygen atoms in total. The van der Waals surface area contributed by atoms with E-state index in [1.807, 2.05) is 0 Å². The van der Waals surface area contributed by atoms with Crippen molar-refractivity contribution in [3.05, 3.63) is 13.2 Å². The van der Waals surface area contributed by atoms with Crippen molar-refractivity contribution in [2.75, 3.05) is 6.61 Å². The fraction of sp³-hybridized carbons (Fsp3) is 0.750. The maximum Gasteiger partial charge on any atom is 0.300 e. The lowest BCUT2D eigenvalue weighted by atomic mass is 10.1. The highest BCUT2D eigenvalue weighted by molar-refractivity contribution is 5.62. The minimum Gasteiger partial charge on any atom is -0.481 e. The number of hydrogen-bond acceptors (Lipinski definition) is 2. The highest BCUT2D eigenvalue weighted by atomic mass is 16.4. The Morgan fingerprint density at radius 1 is 1.07 bits per heavy atom. The third-order valence-electron chi connectivity index (χ3n) is 1.51. The summed E-state index contributed by atoms with van der Waals surface area (Å²) < 4.78 is 0. The number of carboxylic acid groups (broad SMARTS) is 1. The van der Waals surface area contributed by atoms with Crippen molar-refractivity contribution in [3.8, 4) is 0 Å². The summed E-state index contributed by atoms with van der Waals surface area (Å²) in [5, 5.41) is 15.8. The molecule has 0 bridgehead atoms. The third kappa shape index (κ3) is 61.5. The predicted molar refractivity (Wildman–Crippen MR) is 65.0 cm³/mol.